The van der Waals surface area contributed by atoms with Gasteiger partial charge in [-0.1, -0.05) is 0 Å². The molecule has 2 rings (SSSR count). The van der Waals surface area contributed by atoms with Crippen LogP contribution in [-0.4, -0.2) is 50.6 Å². The Morgan fingerprint density at radius 1 is 1.29 bits per heavy atom. The number of hydrogen-bond donors (Lipinski definition) is 0. The Labute approximate surface area is 83.2 Å². The third-order valence-electron chi connectivity index (χ3n) is 3.22. The molecular weight excluding hydrogens is 188 g/mol. The van der Waals surface area contributed by atoms with Crippen LogP contribution in [-0.2, 0) is 4.74 Å². The van der Waals surface area contributed by atoms with Crippen molar-refractivity contribution in [3.63, 3.8) is 0 Å². The molecule has 1 aliphatic carbocycles. The molecule has 1 saturated carbocycles. The minimum atomic E-state index is -1.28. The molecule has 0 aromatic carbocycles. The summed E-state index contributed by atoms with van der Waals surface area (Å²) in [6.45, 7) is 2.03. The molecule has 0 amide bonds. The van der Waals surface area contributed by atoms with Crippen molar-refractivity contribution in [2.75, 3.05) is 33.4 Å². The Morgan fingerprint density at radius 3 is 2.29 bits per heavy atom. The van der Waals surface area contributed by atoms with Crippen molar-refractivity contribution in [2.24, 2.45) is 5.41 Å². The molecule has 0 N–H and O–H groups in total. The van der Waals surface area contributed by atoms with Gasteiger partial charge in [-0.15, -0.1) is 0 Å². The Kier molecular flexibility index (Phi) is 2.75. The fourth-order valence-electron chi connectivity index (χ4n) is 2.23. The lowest BCUT2D eigenvalue weighted by atomic mass is 10.1. The topological polar surface area (TPSA) is 12.5 Å². The van der Waals surface area contributed by atoms with Gasteiger partial charge in [-0.3, -0.25) is 4.90 Å². The Hall–Kier alpha value is -0.220. The highest BCUT2D eigenvalue weighted by molar-refractivity contribution is 4.98. The van der Waals surface area contributed by atoms with Gasteiger partial charge in [0.2, 0.25) is 0 Å². The molecular formula is C10H17F2NO. The Bertz CT molecular complexity index is 198. The summed E-state index contributed by atoms with van der Waals surface area (Å²) in [5.41, 5.74) is 0.207. The van der Waals surface area contributed by atoms with Crippen LogP contribution in [0.5, 0.6) is 0 Å². The smallest absolute Gasteiger partial charge is 0.145 e. The minimum Gasteiger partial charge on any atom is -0.384 e. The van der Waals surface area contributed by atoms with E-state index in [0.29, 0.717) is 0 Å². The molecule has 1 aliphatic heterocycles. The number of halogens is 2. The summed E-state index contributed by atoms with van der Waals surface area (Å²) >= 11 is 0. The summed E-state index contributed by atoms with van der Waals surface area (Å²) in [5, 5.41) is 0. The van der Waals surface area contributed by atoms with E-state index in [-0.39, 0.29) is 18.5 Å². The largest absolute Gasteiger partial charge is 0.384 e. The van der Waals surface area contributed by atoms with E-state index in [1.807, 2.05) is 4.90 Å². The molecule has 82 valence electrons. The van der Waals surface area contributed by atoms with Crippen molar-refractivity contribution in [1.82, 2.24) is 4.90 Å². The number of hydrogen-bond acceptors (Lipinski definition) is 2. The molecule has 2 atom stereocenters. The van der Waals surface area contributed by atoms with Gasteiger partial charge in [-0.05, 0) is 12.8 Å². The van der Waals surface area contributed by atoms with E-state index in [0.717, 1.165) is 26.0 Å². The lowest BCUT2D eigenvalue weighted by molar-refractivity contribution is 0.113. The molecule has 0 aromatic rings. The van der Waals surface area contributed by atoms with Crippen molar-refractivity contribution in [1.29, 1.82) is 0 Å². The van der Waals surface area contributed by atoms with Gasteiger partial charge >= 0.3 is 0 Å². The Morgan fingerprint density at radius 2 is 1.86 bits per heavy atom. The van der Waals surface area contributed by atoms with Crippen LogP contribution in [0.4, 0.5) is 8.78 Å². The standard InChI is InChI=1S/C10H17F2NO/c1-14-7-10(2-3-10)6-13-4-8(11)9(12)5-13/h8-9H,2-7H2,1H3. The highest BCUT2D eigenvalue weighted by Crippen LogP contribution is 2.46. The van der Waals surface area contributed by atoms with Crippen LogP contribution in [0.2, 0.25) is 0 Å². The van der Waals surface area contributed by atoms with Gasteiger partial charge in [0.05, 0.1) is 6.61 Å². The zero-order valence-electron chi connectivity index (χ0n) is 8.51. The van der Waals surface area contributed by atoms with E-state index in [9.17, 15) is 8.78 Å². The fraction of sp³-hybridized carbons (Fsp3) is 1.00. The van der Waals surface area contributed by atoms with Crippen LogP contribution in [0.15, 0.2) is 0 Å². The maximum atomic E-state index is 12.9. The van der Waals surface area contributed by atoms with Crippen LogP contribution in [0, 0.1) is 5.41 Å². The third-order valence-corrected chi connectivity index (χ3v) is 3.22. The normalized spacial score (nSPS) is 36.2. The maximum Gasteiger partial charge on any atom is 0.145 e. The number of rotatable bonds is 4. The zero-order chi connectivity index (χ0) is 10.2. The van der Waals surface area contributed by atoms with Gasteiger partial charge < -0.3 is 4.74 Å². The average molecular weight is 205 g/mol. The third kappa shape index (κ3) is 2.06. The van der Waals surface area contributed by atoms with Crippen LogP contribution >= 0.6 is 0 Å². The van der Waals surface area contributed by atoms with Gasteiger partial charge in [0.1, 0.15) is 12.3 Å². The summed E-state index contributed by atoms with van der Waals surface area (Å²) in [4.78, 5) is 1.89. The van der Waals surface area contributed by atoms with E-state index in [2.05, 4.69) is 0 Å². The number of alkyl halides is 2. The van der Waals surface area contributed by atoms with Crippen molar-refractivity contribution < 1.29 is 13.5 Å². The molecule has 2 aliphatic rings. The predicted octanol–water partition coefficient (Wildman–Crippen LogP) is 1.40. The fourth-order valence-corrected chi connectivity index (χ4v) is 2.23. The first-order chi connectivity index (χ1) is 6.65. The maximum absolute atomic E-state index is 12.9. The number of likely N-dealkylation sites (tertiary alicyclic amines) is 1. The van der Waals surface area contributed by atoms with Gasteiger partial charge in [0.15, 0.2) is 0 Å². The second kappa shape index (κ2) is 3.74. The van der Waals surface area contributed by atoms with Crippen molar-refractivity contribution in [3.8, 4) is 0 Å². The summed E-state index contributed by atoms with van der Waals surface area (Å²) in [6.07, 6.45) is -0.307. The first kappa shape index (κ1) is 10.3. The van der Waals surface area contributed by atoms with E-state index in [1.165, 1.54) is 0 Å². The first-order valence-electron chi connectivity index (χ1n) is 5.15. The summed E-state index contributed by atoms with van der Waals surface area (Å²) in [5.74, 6) is 0. The number of nitrogens with zero attached hydrogens (tertiary/aromatic N) is 1. The predicted molar refractivity (Wildman–Crippen MR) is 49.8 cm³/mol. The number of methoxy groups -OCH3 is 1. The van der Waals surface area contributed by atoms with Gasteiger partial charge in [-0.2, -0.15) is 0 Å². The second-order valence-corrected chi connectivity index (χ2v) is 4.66. The molecule has 0 aromatic heterocycles. The molecule has 2 fully saturated rings. The minimum absolute atomic E-state index is 0.207. The first-order valence-corrected chi connectivity index (χ1v) is 5.15. The van der Waals surface area contributed by atoms with Crippen LogP contribution < -0.4 is 0 Å². The molecule has 4 heteroatoms. The van der Waals surface area contributed by atoms with Crippen molar-refractivity contribution >= 4 is 0 Å². The average Bonchev–Trinajstić information content (AvgIpc) is 2.77. The van der Waals surface area contributed by atoms with E-state index in [4.69, 9.17) is 4.74 Å². The van der Waals surface area contributed by atoms with E-state index in [1.54, 1.807) is 7.11 Å². The van der Waals surface area contributed by atoms with Crippen molar-refractivity contribution in [2.45, 2.75) is 25.2 Å². The van der Waals surface area contributed by atoms with E-state index >= 15 is 0 Å². The molecule has 1 heterocycles. The number of ether oxygens (including phenoxy) is 1. The lowest BCUT2D eigenvalue weighted by Crippen LogP contribution is -2.31. The highest BCUT2D eigenvalue weighted by Gasteiger charge is 2.46. The summed E-state index contributed by atoms with van der Waals surface area (Å²) < 4.78 is 30.9. The molecule has 2 unspecified atom stereocenters. The zero-order valence-corrected chi connectivity index (χ0v) is 8.51. The summed E-state index contributed by atoms with van der Waals surface area (Å²) in [7, 11) is 1.68. The van der Waals surface area contributed by atoms with E-state index < -0.39 is 12.3 Å². The van der Waals surface area contributed by atoms with Crippen molar-refractivity contribution in [3.05, 3.63) is 0 Å². The summed E-state index contributed by atoms with van der Waals surface area (Å²) in [6, 6.07) is 0. The van der Waals surface area contributed by atoms with Crippen LogP contribution in [0.3, 0.4) is 0 Å². The molecule has 14 heavy (non-hydrogen) atoms. The SMILES string of the molecule is COCC1(CN2CC(F)C(F)C2)CC1. The van der Waals surface area contributed by atoms with Crippen LogP contribution in [0.1, 0.15) is 12.8 Å². The molecule has 0 bridgehead atoms. The highest BCUT2D eigenvalue weighted by atomic mass is 19.2. The quantitative estimate of drug-likeness (QED) is 0.688. The molecule has 0 radical (unpaired) electrons. The Balaban J connectivity index is 1.81. The monoisotopic (exact) mass is 205 g/mol. The molecule has 1 saturated heterocycles. The lowest BCUT2D eigenvalue weighted by Gasteiger charge is -2.21. The van der Waals surface area contributed by atoms with Gasteiger partial charge in [0, 0.05) is 32.2 Å². The molecule has 2 nitrogen and oxygen atoms in total. The molecule has 0 spiro atoms. The van der Waals surface area contributed by atoms with Gasteiger partial charge in [-0.25, -0.2) is 8.78 Å². The second-order valence-electron chi connectivity index (χ2n) is 4.66. The van der Waals surface area contributed by atoms with Crippen LogP contribution in [0.25, 0.3) is 0 Å². The van der Waals surface area contributed by atoms with Gasteiger partial charge in [0.25, 0.3) is 0 Å².